The predicted molar refractivity (Wildman–Crippen MR) is 175 cm³/mol. The van der Waals surface area contributed by atoms with E-state index in [0.29, 0.717) is 29.9 Å². The topological polar surface area (TPSA) is 127 Å². The lowest BCUT2D eigenvalue weighted by atomic mass is 10.0. The number of methoxy groups -OCH3 is 1. The van der Waals surface area contributed by atoms with Gasteiger partial charge in [-0.05, 0) is 41.3 Å². The lowest BCUT2D eigenvalue weighted by molar-refractivity contribution is -0.119. The summed E-state index contributed by atoms with van der Waals surface area (Å²) in [5, 5.41) is 16.1. The van der Waals surface area contributed by atoms with E-state index in [9.17, 15) is 18.4 Å². The molecule has 0 aliphatic carbocycles. The third-order valence-corrected chi connectivity index (χ3v) is 7.99. The van der Waals surface area contributed by atoms with Crippen molar-refractivity contribution in [2.45, 2.75) is 38.4 Å². The average Bonchev–Trinajstić information content (AvgIpc) is 3.68. The normalized spacial score (nSPS) is 12.4. The van der Waals surface area contributed by atoms with E-state index in [1.165, 1.54) is 6.92 Å². The molecule has 0 radical (unpaired) electrons. The van der Waals surface area contributed by atoms with E-state index in [1.54, 1.807) is 7.11 Å². The van der Waals surface area contributed by atoms with Crippen LogP contribution in [0.15, 0.2) is 97.2 Å². The van der Waals surface area contributed by atoms with Crippen molar-refractivity contribution in [3.8, 4) is 5.75 Å². The molecule has 0 fully saturated rings. The summed E-state index contributed by atoms with van der Waals surface area (Å²) in [6.07, 6.45) is 2.52. The summed E-state index contributed by atoms with van der Waals surface area (Å²) >= 11 is 0. The van der Waals surface area contributed by atoms with Crippen molar-refractivity contribution in [2.24, 2.45) is 0 Å². The number of hydrogen-bond acceptors (Lipinski definition) is 6. The second-order valence-electron chi connectivity index (χ2n) is 11.4. The second kappa shape index (κ2) is 14.2. The van der Waals surface area contributed by atoms with Crippen LogP contribution in [0.1, 0.15) is 57.8 Å². The van der Waals surface area contributed by atoms with E-state index in [-0.39, 0.29) is 18.9 Å². The first-order valence-corrected chi connectivity index (χ1v) is 15.3. The second-order valence-corrected chi connectivity index (χ2v) is 11.4. The molecule has 0 spiro atoms. The molecule has 2 atom stereocenters. The third-order valence-electron chi connectivity index (χ3n) is 7.99. The Hall–Kier alpha value is -5.91. The molecular weight excluding hydrogens is 616 g/mol. The van der Waals surface area contributed by atoms with Crippen LogP contribution < -0.4 is 15.4 Å². The number of H-pyrrole nitrogens is 1. The summed E-state index contributed by atoms with van der Waals surface area (Å²) in [6, 6.07) is 25.0. The molecule has 0 aliphatic rings. The largest absolute Gasteiger partial charge is 0.497 e. The molecule has 6 aromatic rings. The summed E-state index contributed by atoms with van der Waals surface area (Å²) in [6.45, 7) is 1.72. The number of nitrogens with one attached hydrogen (secondary N) is 3. The highest BCUT2D eigenvalue weighted by Gasteiger charge is 2.29. The van der Waals surface area contributed by atoms with Crippen molar-refractivity contribution < 1.29 is 23.1 Å². The Balaban J connectivity index is 1.47. The molecule has 6 rings (SSSR count). The molecular formula is C36H33F2N7O3. The van der Waals surface area contributed by atoms with Gasteiger partial charge in [0.1, 0.15) is 17.3 Å². The highest BCUT2D eigenvalue weighted by atomic mass is 19.1. The van der Waals surface area contributed by atoms with Gasteiger partial charge in [-0.2, -0.15) is 4.39 Å². The minimum Gasteiger partial charge on any atom is -0.497 e. The van der Waals surface area contributed by atoms with Gasteiger partial charge in [-0.25, -0.2) is 9.37 Å². The summed E-state index contributed by atoms with van der Waals surface area (Å²) in [5.74, 6) is -1.56. The number of pyridine rings is 1. The molecule has 3 heterocycles. The number of amides is 2. The molecule has 0 saturated carbocycles. The van der Waals surface area contributed by atoms with Gasteiger partial charge >= 0.3 is 0 Å². The van der Waals surface area contributed by atoms with Crippen LogP contribution in [0.25, 0.3) is 10.9 Å². The minimum absolute atomic E-state index is 0.248. The molecule has 10 nitrogen and oxygen atoms in total. The number of carbonyl (C=O) groups is 2. The smallest absolute Gasteiger partial charge is 0.270 e. The Morgan fingerprint density at radius 1 is 0.854 bits per heavy atom. The summed E-state index contributed by atoms with van der Waals surface area (Å²) in [7, 11) is 1.59. The molecule has 3 aromatic heterocycles. The average molecular weight is 650 g/mol. The van der Waals surface area contributed by atoms with Crippen LogP contribution in [0.3, 0.4) is 0 Å². The van der Waals surface area contributed by atoms with Gasteiger partial charge in [-0.15, -0.1) is 10.2 Å². The number of hydrogen-bond donors (Lipinski definition) is 3. The van der Waals surface area contributed by atoms with E-state index < -0.39 is 35.4 Å². The maximum Gasteiger partial charge on any atom is 0.270 e. The van der Waals surface area contributed by atoms with Crippen LogP contribution in [0.4, 0.5) is 8.78 Å². The van der Waals surface area contributed by atoms with E-state index in [1.807, 2.05) is 89.6 Å². The first-order chi connectivity index (χ1) is 23.3. The Bertz CT molecular complexity index is 2020. The van der Waals surface area contributed by atoms with E-state index in [2.05, 4.69) is 30.8 Å². The minimum atomic E-state index is -1.11. The van der Waals surface area contributed by atoms with Crippen LogP contribution in [0.5, 0.6) is 5.75 Å². The number of rotatable bonds is 12. The van der Waals surface area contributed by atoms with Crippen molar-refractivity contribution in [2.75, 3.05) is 7.11 Å². The zero-order valence-electron chi connectivity index (χ0n) is 26.3. The zero-order chi connectivity index (χ0) is 33.6. The Morgan fingerprint density at radius 3 is 2.23 bits per heavy atom. The summed E-state index contributed by atoms with van der Waals surface area (Å²) < 4.78 is 35.4. The van der Waals surface area contributed by atoms with Gasteiger partial charge in [-0.3, -0.25) is 9.59 Å². The molecule has 3 N–H and O–H groups in total. The number of aromatic amines is 1. The first kappa shape index (κ1) is 32.0. The number of para-hydroxylation sites is 1. The number of halogens is 2. The molecule has 0 aliphatic heterocycles. The third kappa shape index (κ3) is 7.38. The number of carbonyl (C=O) groups excluding carboxylic acids is 2. The fourth-order valence-corrected chi connectivity index (χ4v) is 5.76. The quantitative estimate of drug-likeness (QED) is 0.148. The maximum absolute atomic E-state index is 14.1. The Kier molecular flexibility index (Phi) is 9.51. The summed E-state index contributed by atoms with van der Waals surface area (Å²) in [4.78, 5) is 32.9. The molecule has 12 heteroatoms. The van der Waals surface area contributed by atoms with Crippen LogP contribution in [-0.2, 0) is 24.2 Å². The number of fused-ring (bicyclic) bond motifs is 1. The molecule has 2 amide bonds. The van der Waals surface area contributed by atoms with Crippen LogP contribution >= 0.6 is 0 Å². The van der Waals surface area contributed by atoms with Crippen molar-refractivity contribution in [1.29, 1.82) is 0 Å². The van der Waals surface area contributed by atoms with Crippen molar-refractivity contribution in [3.05, 3.63) is 143 Å². The SMILES string of the molecule is COc1ccc(Cn2c([C@@H](Cc3ccccc3)NC(C)=O)nnc2[C@@H](Cc2c[nH]c3ccccc23)NC(=O)c2cc(F)cc(F)n2)cc1. The Morgan fingerprint density at radius 2 is 1.54 bits per heavy atom. The van der Waals surface area contributed by atoms with Crippen LogP contribution in [0, 0.1) is 11.8 Å². The van der Waals surface area contributed by atoms with Gasteiger partial charge in [0.25, 0.3) is 5.91 Å². The van der Waals surface area contributed by atoms with E-state index in [0.717, 1.165) is 33.7 Å². The molecule has 0 saturated heterocycles. The Labute approximate surface area is 275 Å². The fourth-order valence-electron chi connectivity index (χ4n) is 5.76. The first-order valence-electron chi connectivity index (χ1n) is 15.3. The monoisotopic (exact) mass is 649 g/mol. The molecule has 48 heavy (non-hydrogen) atoms. The standard InChI is InChI=1S/C36H33F2N7O3/c1-22(46)40-30(16-23-8-4-3-5-9-23)34-43-44-35(45(34)21-24-12-14-27(48-2)15-13-24)31(17-25-20-39-29-11-7-6-10-28(25)29)42-36(47)32-18-26(37)19-33(38)41-32/h3-15,18-20,30-31,39H,16-17,21H2,1-2H3,(H,40,46)(H,42,47)/t30-,31-/m1/s1. The van der Waals surface area contributed by atoms with E-state index >= 15 is 0 Å². The zero-order valence-corrected chi connectivity index (χ0v) is 26.3. The highest BCUT2D eigenvalue weighted by Crippen LogP contribution is 2.28. The fraction of sp³-hybridized carbons (Fsp3) is 0.194. The predicted octanol–water partition coefficient (Wildman–Crippen LogP) is 5.62. The molecule has 244 valence electrons. The van der Waals surface area contributed by atoms with Gasteiger partial charge in [0, 0.05) is 42.6 Å². The van der Waals surface area contributed by atoms with Gasteiger partial charge in [-0.1, -0.05) is 60.7 Å². The molecule has 3 aromatic carbocycles. The van der Waals surface area contributed by atoms with Crippen molar-refractivity contribution in [3.63, 3.8) is 0 Å². The van der Waals surface area contributed by atoms with E-state index in [4.69, 9.17) is 4.74 Å². The lowest BCUT2D eigenvalue weighted by Crippen LogP contribution is -2.34. The van der Waals surface area contributed by atoms with Gasteiger partial charge in [0.2, 0.25) is 11.9 Å². The summed E-state index contributed by atoms with van der Waals surface area (Å²) in [5.41, 5.74) is 3.21. The molecule has 0 unspecified atom stereocenters. The highest BCUT2D eigenvalue weighted by molar-refractivity contribution is 5.92. The van der Waals surface area contributed by atoms with Crippen LogP contribution in [-0.4, -0.2) is 43.7 Å². The lowest BCUT2D eigenvalue weighted by Gasteiger charge is -2.23. The van der Waals surface area contributed by atoms with Crippen molar-refractivity contribution >= 4 is 22.7 Å². The van der Waals surface area contributed by atoms with Crippen molar-refractivity contribution in [1.82, 2.24) is 35.4 Å². The number of ether oxygens (including phenoxy) is 1. The van der Waals surface area contributed by atoms with Gasteiger partial charge in [0.05, 0.1) is 25.7 Å². The van der Waals surface area contributed by atoms with Gasteiger partial charge in [0.15, 0.2) is 11.6 Å². The number of aromatic nitrogens is 5. The molecule has 0 bridgehead atoms. The number of benzene rings is 3. The van der Waals surface area contributed by atoms with Crippen LogP contribution in [0.2, 0.25) is 0 Å². The van der Waals surface area contributed by atoms with Gasteiger partial charge < -0.3 is 24.9 Å². The number of nitrogens with zero attached hydrogens (tertiary/aromatic N) is 4. The maximum atomic E-state index is 14.1.